The minimum Gasteiger partial charge on any atom is -0.388 e. The average molecular weight is 259 g/mol. The number of aliphatic hydroxyl groups excluding tert-OH is 1. The van der Waals surface area contributed by atoms with E-state index in [1.807, 2.05) is 45.0 Å². The molecule has 0 bridgehead atoms. The second kappa shape index (κ2) is 5.17. The summed E-state index contributed by atoms with van der Waals surface area (Å²) in [5.41, 5.74) is 2.48. The van der Waals surface area contributed by atoms with Gasteiger partial charge in [-0.05, 0) is 30.9 Å². The molecular weight excluding hydrogens is 238 g/mol. The fraction of sp³-hybridized carbons (Fsp3) is 0.438. The maximum Gasteiger partial charge on any atom is 0.163 e. The Balaban J connectivity index is 2.11. The SMILES string of the molecule is Cc1ccc(N/C=C2\C(=O)CC(C)(C)CC2O)cc1. The number of ketones is 1. The van der Waals surface area contributed by atoms with Crippen LogP contribution in [0.4, 0.5) is 5.69 Å². The number of aliphatic hydroxyl groups is 1. The maximum atomic E-state index is 12.0. The summed E-state index contributed by atoms with van der Waals surface area (Å²) in [6.07, 6.45) is 2.09. The summed E-state index contributed by atoms with van der Waals surface area (Å²) in [5.74, 6) is 0.0309. The molecule has 0 aromatic heterocycles. The van der Waals surface area contributed by atoms with E-state index in [2.05, 4.69) is 5.32 Å². The third kappa shape index (κ3) is 3.44. The number of anilines is 1. The Kier molecular flexibility index (Phi) is 3.76. The van der Waals surface area contributed by atoms with Gasteiger partial charge < -0.3 is 10.4 Å². The van der Waals surface area contributed by atoms with Crippen molar-refractivity contribution in [1.82, 2.24) is 0 Å². The van der Waals surface area contributed by atoms with E-state index in [4.69, 9.17) is 0 Å². The van der Waals surface area contributed by atoms with Gasteiger partial charge in [-0.25, -0.2) is 0 Å². The molecule has 2 rings (SSSR count). The second-order valence-electron chi connectivity index (χ2n) is 6.09. The summed E-state index contributed by atoms with van der Waals surface area (Å²) in [7, 11) is 0. The zero-order valence-electron chi connectivity index (χ0n) is 11.7. The first-order chi connectivity index (χ1) is 8.87. The maximum absolute atomic E-state index is 12.0. The third-order valence-electron chi connectivity index (χ3n) is 3.51. The van der Waals surface area contributed by atoms with Crippen molar-refractivity contribution < 1.29 is 9.90 Å². The van der Waals surface area contributed by atoms with Crippen LogP contribution in [0.3, 0.4) is 0 Å². The predicted molar refractivity (Wildman–Crippen MR) is 76.9 cm³/mol. The monoisotopic (exact) mass is 259 g/mol. The molecule has 0 heterocycles. The molecule has 1 fully saturated rings. The van der Waals surface area contributed by atoms with Crippen molar-refractivity contribution in [2.45, 2.75) is 39.7 Å². The molecule has 1 saturated carbocycles. The van der Waals surface area contributed by atoms with Gasteiger partial charge in [0.15, 0.2) is 5.78 Å². The number of benzene rings is 1. The average Bonchev–Trinajstić information content (AvgIpc) is 2.29. The van der Waals surface area contributed by atoms with Crippen LogP contribution in [0.25, 0.3) is 0 Å². The van der Waals surface area contributed by atoms with Crippen LogP contribution in [0.2, 0.25) is 0 Å². The Labute approximate surface area is 114 Å². The molecule has 0 spiro atoms. The number of carbonyl (C=O) groups is 1. The third-order valence-corrected chi connectivity index (χ3v) is 3.51. The molecule has 0 radical (unpaired) electrons. The zero-order valence-corrected chi connectivity index (χ0v) is 11.7. The van der Waals surface area contributed by atoms with E-state index < -0.39 is 6.10 Å². The molecule has 0 amide bonds. The van der Waals surface area contributed by atoms with Crippen LogP contribution in [0.15, 0.2) is 36.0 Å². The van der Waals surface area contributed by atoms with Crippen molar-refractivity contribution in [2.24, 2.45) is 5.41 Å². The Morgan fingerprint density at radius 1 is 1.32 bits per heavy atom. The molecule has 1 atom stereocenters. The van der Waals surface area contributed by atoms with Gasteiger partial charge in [0.05, 0.1) is 6.10 Å². The first kappa shape index (κ1) is 13.8. The van der Waals surface area contributed by atoms with Crippen molar-refractivity contribution in [1.29, 1.82) is 0 Å². The summed E-state index contributed by atoms with van der Waals surface area (Å²) in [6, 6.07) is 7.91. The lowest BCUT2D eigenvalue weighted by atomic mass is 9.73. The van der Waals surface area contributed by atoms with E-state index in [-0.39, 0.29) is 11.2 Å². The number of nitrogens with one attached hydrogen (secondary N) is 1. The molecule has 19 heavy (non-hydrogen) atoms. The van der Waals surface area contributed by atoms with Crippen molar-refractivity contribution in [3.63, 3.8) is 0 Å². The van der Waals surface area contributed by atoms with E-state index in [1.165, 1.54) is 5.56 Å². The summed E-state index contributed by atoms with van der Waals surface area (Å²) in [4.78, 5) is 12.0. The lowest BCUT2D eigenvalue weighted by Crippen LogP contribution is -2.34. The van der Waals surface area contributed by atoms with Gasteiger partial charge in [-0.2, -0.15) is 0 Å². The first-order valence-corrected chi connectivity index (χ1v) is 6.62. The van der Waals surface area contributed by atoms with E-state index in [0.29, 0.717) is 18.4 Å². The summed E-state index contributed by atoms with van der Waals surface area (Å²) < 4.78 is 0. The first-order valence-electron chi connectivity index (χ1n) is 6.62. The summed E-state index contributed by atoms with van der Waals surface area (Å²) in [6.45, 7) is 6.05. The number of aryl methyl sites for hydroxylation is 1. The number of rotatable bonds is 2. The van der Waals surface area contributed by atoms with Crippen molar-refractivity contribution in [3.05, 3.63) is 41.6 Å². The second-order valence-corrected chi connectivity index (χ2v) is 6.09. The molecule has 1 aliphatic carbocycles. The largest absolute Gasteiger partial charge is 0.388 e. The smallest absolute Gasteiger partial charge is 0.163 e. The highest BCUT2D eigenvalue weighted by Crippen LogP contribution is 2.35. The van der Waals surface area contributed by atoms with Gasteiger partial charge in [0.25, 0.3) is 0 Å². The lowest BCUT2D eigenvalue weighted by molar-refractivity contribution is -0.121. The minimum absolute atomic E-state index is 0.0309. The van der Waals surface area contributed by atoms with Crippen LogP contribution in [0.5, 0.6) is 0 Å². The Bertz CT molecular complexity index is 500. The Morgan fingerprint density at radius 3 is 2.53 bits per heavy atom. The van der Waals surface area contributed by atoms with Crippen molar-refractivity contribution in [3.8, 4) is 0 Å². The van der Waals surface area contributed by atoms with Crippen LogP contribution in [-0.4, -0.2) is 17.0 Å². The topological polar surface area (TPSA) is 49.3 Å². The highest BCUT2D eigenvalue weighted by Gasteiger charge is 2.35. The highest BCUT2D eigenvalue weighted by atomic mass is 16.3. The Morgan fingerprint density at radius 2 is 1.95 bits per heavy atom. The van der Waals surface area contributed by atoms with Crippen molar-refractivity contribution in [2.75, 3.05) is 5.32 Å². The van der Waals surface area contributed by atoms with Gasteiger partial charge in [-0.3, -0.25) is 4.79 Å². The number of carbonyl (C=O) groups excluding carboxylic acids is 1. The molecule has 0 saturated heterocycles. The lowest BCUT2D eigenvalue weighted by Gasteiger charge is -2.33. The van der Waals surface area contributed by atoms with Crippen LogP contribution in [-0.2, 0) is 4.79 Å². The van der Waals surface area contributed by atoms with Gasteiger partial charge in [0.2, 0.25) is 0 Å². The van der Waals surface area contributed by atoms with E-state index in [1.54, 1.807) is 6.20 Å². The molecule has 3 heteroatoms. The fourth-order valence-corrected chi connectivity index (χ4v) is 2.42. The number of hydrogen-bond donors (Lipinski definition) is 2. The van der Waals surface area contributed by atoms with E-state index in [0.717, 1.165) is 5.69 Å². The predicted octanol–water partition coefficient (Wildman–Crippen LogP) is 3.04. The van der Waals surface area contributed by atoms with Gasteiger partial charge >= 0.3 is 0 Å². The van der Waals surface area contributed by atoms with E-state index in [9.17, 15) is 9.90 Å². The minimum atomic E-state index is -0.672. The standard InChI is InChI=1S/C16H21NO2/c1-11-4-6-12(7-5-11)17-10-13-14(18)8-16(2,3)9-15(13)19/h4-7,10,14,17-18H,8-9H2,1-3H3/b13-10-. The van der Waals surface area contributed by atoms with Gasteiger partial charge in [0, 0.05) is 23.9 Å². The number of hydrogen-bond acceptors (Lipinski definition) is 3. The molecule has 1 aliphatic rings. The quantitative estimate of drug-likeness (QED) is 0.803. The normalized spacial score (nSPS) is 24.5. The van der Waals surface area contributed by atoms with Crippen LogP contribution in [0.1, 0.15) is 32.3 Å². The van der Waals surface area contributed by atoms with Crippen LogP contribution < -0.4 is 5.32 Å². The Hall–Kier alpha value is -1.61. The molecule has 102 valence electrons. The van der Waals surface area contributed by atoms with Gasteiger partial charge in [-0.15, -0.1) is 0 Å². The molecular formula is C16H21NO2. The molecule has 1 aromatic carbocycles. The fourth-order valence-electron chi connectivity index (χ4n) is 2.42. The molecule has 1 unspecified atom stereocenters. The number of Topliss-reactive ketones (excluding diaryl/α,β-unsaturated/α-hetero) is 1. The molecule has 2 N–H and O–H groups in total. The van der Waals surface area contributed by atoms with Gasteiger partial charge in [0.1, 0.15) is 0 Å². The highest BCUT2D eigenvalue weighted by molar-refractivity contribution is 5.97. The molecule has 0 aliphatic heterocycles. The van der Waals surface area contributed by atoms with E-state index >= 15 is 0 Å². The molecule has 1 aromatic rings. The summed E-state index contributed by atoms with van der Waals surface area (Å²) >= 11 is 0. The van der Waals surface area contributed by atoms with Gasteiger partial charge in [-0.1, -0.05) is 31.5 Å². The summed E-state index contributed by atoms with van der Waals surface area (Å²) in [5, 5.41) is 13.2. The van der Waals surface area contributed by atoms with Crippen molar-refractivity contribution >= 4 is 11.5 Å². The zero-order chi connectivity index (χ0) is 14.0. The van der Waals surface area contributed by atoms with Crippen LogP contribution in [0, 0.1) is 12.3 Å². The molecule has 3 nitrogen and oxygen atoms in total. The van der Waals surface area contributed by atoms with Crippen LogP contribution >= 0.6 is 0 Å².